The van der Waals surface area contributed by atoms with Gasteiger partial charge in [0.05, 0.1) is 0 Å². The number of rotatable bonds is 3. The highest BCUT2D eigenvalue weighted by Gasteiger charge is 2.31. The second-order valence-corrected chi connectivity index (χ2v) is 5.51. The minimum atomic E-state index is -0.938. The highest BCUT2D eigenvalue weighted by molar-refractivity contribution is 5.82. The fourth-order valence-electron chi connectivity index (χ4n) is 2.79. The minimum absolute atomic E-state index is 0.164. The molecule has 1 heterocycles. The van der Waals surface area contributed by atoms with Gasteiger partial charge in [-0.15, -0.1) is 0 Å². The molecule has 0 radical (unpaired) electrons. The molecule has 5 nitrogen and oxygen atoms in total. The quantitative estimate of drug-likeness (QED) is 0.838. The number of carboxylic acids is 1. The summed E-state index contributed by atoms with van der Waals surface area (Å²) in [5.74, 6) is 0.0264. The van der Waals surface area contributed by atoms with Crippen LogP contribution in [0, 0.1) is 11.8 Å². The Hall–Kier alpha value is -1.26. The smallest absolute Gasteiger partial charge is 0.326 e. The molecule has 1 aliphatic rings. The van der Waals surface area contributed by atoms with Crippen molar-refractivity contribution >= 4 is 12.0 Å². The van der Waals surface area contributed by atoms with E-state index in [1.165, 1.54) is 4.90 Å². The lowest BCUT2D eigenvalue weighted by atomic mass is 9.92. The van der Waals surface area contributed by atoms with E-state index in [9.17, 15) is 9.59 Å². The van der Waals surface area contributed by atoms with Gasteiger partial charge in [0.15, 0.2) is 0 Å². The summed E-state index contributed by atoms with van der Waals surface area (Å²) in [6.45, 7) is 7.49. The van der Waals surface area contributed by atoms with E-state index in [0.717, 1.165) is 19.5 Å². The molecule has 0 aliphatic carbocycles. The van der Waals surface area contributed by atoms with Crippen LogP contribution in [0.5, 0.6) is 0 Å². The number of hydrogen-bond acceptors (Lipinski definition) is 2. The van der Waals surface area contributed by atoms with Gasteiger partial charge in [-0.1, -0.05) is 20.8 Å². The molecule has 1 saturated heterocycles. The molecule has 0 bridgehead atoms. The van der Waals surface area contributed by atoms with Gasteiger partial charge in [-0.3, -0.25) is 0 Å². The van der Waals surface area contributed by atoms with Crippen LogP contribution in [0.3, 0.4) is 0 Å². The van der Waals surface area contributed by atoms with Crippen molar-refractivity contribution < 1.29 is 14.7 Å². The number of nitrogens with zero attached hydrogens (tertiary/aromatic N) is 2. The van der Waals surface area contributed by atoms with E-state index in [-0.39, 0.29) is 6.03 Å². The molecule has 1 rings (SSSR count). The van der Waals surface area contributed by atoms with Crippen molar-refractivity contribution in [3.8, 4) is 0 Å². The van der Waals surface area contributed by atoms with Crippen molar-refractivity contribution in [2.45, 2.75) is 39.7 Å². The lowest BCUT2D eigenvalue weighted by Crippen LogP contribution is -2.52. The summed E-state index contributed by atoms with van der Waals surface area (Å²) in [6.07, 6.45) is 1.56. The van der Waals surface area contributed by atoms with Gasteiger partial charge in [-0.2, -0.15) is 0 Å². The number of carboxylic acid groups (broad SMARTS) is 1. The summed E-state index contributed by atoms with van der Waals surface area (Å²) in [5.41, 5.74) is 0. The van der Waals surface area contributed by atoms with E-state index in [1.54, 1.807) is 18.9 Å². The van der Waals surface area contributed by atoms with Gasteiger partial charge in [-0.05, 0) is 24.7 Å². The summed E-state index contributed by atoms with van der Waals surface area (Å²) in [6, 6.07) is -0.896. The zero-order valence-corrected chi connectivity index (χ0v) is 11.7. The Kier molecular flexibility index (Phi) is 4.99. The molecule has 18 heavy (non-hydrogen) atoms. The first-order valence-corrected chi connectivity index (χ1v) is 6.61. The molecular weight excluding hydrogens is 232 g/mol. The Morgan fingerprint density at radius 1 is 1.33 bits per heavy atom. The average Bonchev–Trinajstić information content (AvgIpc) is 2.26. The molecule has 1 N–H and O–H groups in total. The summed E-state index contributed by atoms with van der Waals surface area (Å²) in [7, 11) is 1.58. The van der Waals surface area contributed by atoms with Crippen molar-refractivity contribution in [1.82, 2.24) is 9.80 Å². The van der Waals surface area contributed by atoms with E-state index in [4.69, 9.17) is 5.11 Å². The van der Waals surface area contributed by atoms with Crippen LogP contribution >= 0.6 is 0 Å². The number of carbonyl (C=O) groups is 2. The van der Waals surface area contributed by atoms with Gasteiger partial charge < -0.3 is 14.9 Å². The molecule has 3 atom stereocenters. The molecular formula is C13H24N2O3. The zero-order valence-electron chi connectivity index (χ0n) is 11.7. The molecule has 1 aliphatic heterocycles. The topological polar surface area (TPSA) is 60.9 Å². The van der Waals surface area contributed by atoms with Crippen LogP contribution in [0.2, 0.25) is 0 Å². The van der Waals surface area contributed by atoms with E-state index in [2.05, 4.69) is 13.8 Å². The Morgan fingerprint density at radius 3 is 2.22 bits per heavy atom. The number of hydrogen-bond donors (Lipinski definition) is 1. The standard InChI is InChI=1S/C13H24N2O3/c1-5-11(12(16)17)14(4)13(18)15-7-9(2)6-10(3)8-15/h9-11H,5-8H2,1-4H3,(H,16,17). The Balaban J connectivity index is 2.70. The van der Waals surface area contributed by atoms with E-state index < -0.39 is 12.0 Å². The fraction of sp³-hybridized carbons (Fsp3) is 0.846. The molecule has 1 fully saturated rings. The van der Waals surface area contributed by atoms with Crippen LogP contribution in [0.25, 0.3) is 0 Å². The van der Waals surface area contributed by atoms with Crippen molar-refractivity contribution in [1.29, 1.82) is 0 Å². The number of likely N-dealkylation sites (tertiary alicyclic amines) is 1. The van der Waals surface area contributed by atoms with Crippen LogP contribution in [-0.4, -0.2) is 53.1 Å². The molecule has 0 spiro atoms. The maximum absolute atomic E-state index is 12.3. The Labute approximate surface area is 109 Å². The zero-order chi connectivity index (χ0) is 13.9. The van der Waals surface area contributed by atoms with Crippen molar-refractivity contribution in [3.05, 3.63) is 0 Å². The van der Waals surface area contributed by atoms with Gasteiger partial charge in [-0.25, -0.2) is 9.59 Å². The maximum atomic E-state index is 12.3. The molecule has 0 aromatic carbocycles. The highest BCUT2D eigenvalue weighted by atomic mass is 16.4. The maximum Gasteiger partial charge on any atom is 0.326 e. The van der Waals surface area contributed by atoms with Crippen molar-refractivity contribution in [3.63, 3.8) is 0 Å². The molecule has 0 aromatic heterocycles. The summed E-state index contributed by atoms with van der Waals surface area (Å²) in [5, 5.41) is 9.08. The third-order valence-electron chi connectivity index (χ3n) is 3.58. The predicted molar refractivity (Wildman–Crippen MR) is 69.4 cm³/mol. The molecule has 2 amide bonds. The molecule has 0 saturated carbocycles. The van der Waals surface area contributed by atoms with Crippen molar-refractivity contribution in [2.24, 2.45) is 11.8 Å². The lowest BCUT2D eigenvalue weighted by molar-refractivity contribution is -0.142. The van der Waals surface area contributed by atoms with Gasteiger partial charge in [0.1, 0.15) is 6.04 Å². The Bertz CT molecular complexity index is 309. The van der Waals surface area contributed by atoms with Crippen LogP contribution in [0.15, 0.2) is 0 Å². The first kappa shape index (κ1) is 14.8. The van der Waals surface area contributed by atoms with Crippen LogP contribution in [0.1, 0.15) is 33.6 Å². The van der Waals surface area contributed by atoms with Crippen LogP contribution < -0.4 is 0 Å². The fourth-order valence-corrected chi connectivity index (χ4v) is 2.79. The first-order chi connectivity index (χ1) is 8.36. The number of likely N-dealkylation sites (N-methyl/N-ethyl adjacent to an activating group) is 1. The lowest BCUT2D eigenvalue weighted by Gasteiger charge is -2.38. The predicted octanol–water partition coefficient (Wildman–Crippen LogP) is 1.88. The third-order valence-corrected chi connectivity index (χ3v) is 3.58. The number of carbonyl (C=O) groups excluding carboxylic acids is 1. The van der Waals surface area contributed by atoms with Gasteiger partial charge >= 0.3 is 12.0 Å². The van der Waals surface area contributed by atoms with E-state index in [0.29, 0.717) is 18.3 Å². The van der Waals surface area contributed by atoms with E-state index in [1.807, 2.05) is 0 Å². The van der Waals surface area contributed by atoms with E-state index >= 15 is 0 Å². The normalized spacial score (nSPS) is 25.7. The number of aliphatic carboxylic acids is 1. The van der Waals surface area contributed by atoms with Crippen molar-refractivity contribution in [2.75, 3.05) is 20.1 Å². The largest absolute Gasteiger partial charge is 0.480 e. The summed E-state index contributed by atoms with van der Waals surface area (Å²) < 4.78 is 0. The van der Waals surface area contributed by atoms with Crippen LogP contribution in [-0.2, 0) is 4.79 Å². The highest BCUT2D eigenvalue weighted by Crippen LogP contribution is 2.22. The molecule has 104 valence electrons. The second-order valence-electron chi connectivity index (χ2n) is 5.51. The number of urea groups is 1. The minimum Gasteiger partial charge on any atom is -0.480 e. The molecule has 3 unspecified atom stereocenters. The van der Waals surface area contributed by atoms with Gasteiger partial charge in [0.2, 0.25) is 0 Å². The average molecular weight is 256 g/mol. The van der Waals surface area contributed by atoms with Gasteiger partial charge in [0, 0.05) is 20.1 Å². The third kappa shape index (κ3) is 3.37. The summed E-state index contributed by atoms with van der Waals surface area (Å²) >= 11 is 0. The number of amides is 2. The Morgan fingerprint density at radius 2 is 1.83 bits per heavy atom. The van der Waals surface area contributed by atoms with Gasteiger partial charge in [0.25, 0.3) is 0 Å². The monoisotopic (exact) mass is 256 g/mol. The first-order valence-electron chi connectivity index (χ1n) is 6.61. The second kappa shape index (κ2) is 6.07. The molecule has 0 aromatic rings. The summed E-state index contributed by atoms with van der Waals surface area (Å²) in [4.78, 5) is 26.5. The molecule has 5 heteroatoms. The number of piperidine rings is 1. The SMILES string of the molecule is CCC(C(=O)O)N(C)C(=O)N1CC(C)CC(C)C1. The van der Waals surface area contributed by atoms with Crippen LogP contribution in [0.4, 0.5) is 4.79 Å².